The Morgan fingerprint density at radius 1 is 1.57 bits per heavy atom. The molecule has 1 rings (SSSR count). The monoisotopic (exact) mass is 197 g/mol. The normalized spacial score (nSPS) is 11.6. The van der Waals surface area contributed by atoms with Crippen molar-refractivity contribution in [2.45, 2.75) is 20.4 Å². The molecular formula is C8H15N5O. The molecule has 1 aromatic heterocycles. The first kappa shape index (κ1) is 10.5. The van der Waals surface area contributed by atoms with Crippen molar-refractivity contribution in [3.63, 3.8) is 0 Å². The van der Waals surface area contributed by atoms with Crippen LogP contribution >= 0.6 is 0 Å². The SMILES string of the molecule is CN=C(NN)NCc1nc(C)c(C)o1. The van der Waals surface area contributed by atoms with Gasteiger partial charge >= 0.3 is 0 Å². The number of guanidine groups is 1. The number of aromatic nitrogens is 1. The molecule has 0 radical (unpaired) electrons. The summed E-state index contributed by atoms with van der Waals surface area (Å²) in [6.45, 7) is 4.24. The molecule has 0 aromatic carbocycles. The van der Waals surface area contributed by atoms with Crippen LogP contribution in [-0.2, 0) is 6.54 Å². The molecule has 1 heterocycles. The van der Waals surface area contributed by atoms with Gasteiger partial charge in [0.2, 0.25) is 11.9 Å². The predicted molar refractivity (Wildman–Crippen MR) is 53.5 cm³/mol. The van der Waals surface area contributed by atoms with E-state index in [9.17, 15) is 0 Å². The second kappa shape index (κ2) is 4.61. The highest BCUT2D eigenvalue weighted by molar-refractivity contribution is 5.78. The summed E-state index contributed by atoms with van der Waals surface area (Å²) in [6, 6.07) is 0. The van der Waals surface area contributed by atoms with Gasteiger partial charge in [0.1, 0.15) is 5.76 Å². The molecule has 1 aromatic rings. The zero-order valence-corrected chi connectivity index (χ0v) is 8.59. The summed E-state index contributed by atoms with van der Waals surface area (Å²) in [5.41, 5.74) is 3.31. The molecule has 0 atom stereocenters. The van der Waals surface area contributed by atoms with Gasteiger partial charge in [0.15, 0.2) is 0 Å². The average molecular weight is 197 g/mol. The first-order chi connectivity index (χ1) is 6.67. The van der Waals surface area contributed by atoms with Crippen molar-refractivity contribution >= 4 is 5.96 Å². The van der Waals surface area contributed by atoms with E-state index in [1.54, 1.807) is 7.05 Å². The molecule has 0 saturated heterocycles. The lowest BCUT2D eigenvalue weighted by atomic mass is 10.4. The zero-order chi connectivity index (χ0) is 10.6. The number of oxazole rings is 1. The van der Waals surface area contributed by atoms with Crippen molar-refractivity contribution in [3.8, 4) is 0 Å². The summed E-state index contributed by atoms with van der Waals surface area (Å²) in [5, 5.41) is 2.93. The summed E-state index contributed by atoms with van der Waals surface area (Å²) < 4.78 is 5.36. The third-order valence-electron chi connectivity index (χ3n) is 1.84. The first-order valence-corrected chi connectivity index (χ1v) is 4.27. The van der Waals surface area contributed by atoms with Crippen LogP contribution in [0.15, 0.2) is 9.41 Å². The van der Waals surface area contributed by atoms with Crippen LogP contribution in [0, 0.1) is 13.8 Å². The van der Waals surface area contributed by atoms with Gasteiger partial charge in [0.05, 0.1) is 12.2 Å². The fourth-order valence-corrected chi connectivity index (χ4v) is 0.969. The van der Waals surface area contributed by atoms with Crippen LogP contribution in [0.1, 0.15) is 17.3 Å². The second-order valence-corrected chi connectivity index (χ2v) is 2.82. The Morgan fingerprint density at radius 3 is 2.71 bits per heavy atom. The van der Waals surface area contributed by atoms with Crippen molar-refractivity contribution in [2.24, 2.45) is 10.8 Å². The lowest BCUT2D eigenvalue weighted by Crippen LogP contribution is -2.41. The minimum Gasteiger partial charge on any atom is -0.444 e. The van der Waals surface area contributed by atoms with Crippen LogP contribution in [-0.4, -0.2) is 18.0 Å². The van der Waals surface area contributed by atoms with Gasteiger partial charge in [-0.1, -0.05) is 0 Å². The van der Waals surface area contributed by atoms with Crippen molar-refractivity contribution in [1.82, 2.24) is 15.7 Å². The van der Waals surface area contributed by atoms with Gasteiger partial charge in [-0.25, -0.2) is 10.8 Å². The Balaban J connectivity index is 2.53. The number of aryl methyl sites for hydroxylation is 2. The van der Waals surface area contributed by atoms with Gasteiger partial charge in [-0.3, -0.25) is 10.4 Å². The van der Waals surface area contributed by atoms with E-state index in [1.807, 2.05) is 13.8 Å². The minimum absolute atomic E-state index is 0.464. The van der Waals surface area contributed by atoms with Gasteiger partial charge in [0, 0.05) is 7.05 Å². The molecule has 4 N–H and O–H groups in total. The van der Waals surface area contributed by atoms with E-state index in [-0.39, 0.29) is 0 Å². The summed E-state index contributed by atoms with van der Waals surface area (Å²) >= 11 is 0. The Labute approximate surface area is 82.6 Å². The molecule has 0 aliphatic carbocycles. The summed E-state index contributed by atoms with van der Waals surface area (Å²) in [4.78, 5) is 8.05. The van der Waals surface area contributed by atoms with Gasteiger partial charge in [-0.15, -0.1) is 0 Å². The molecule has 0 saturated carbocycles. The zero-order valence-electron chi connectivity index (χ0n) is 8.59. The van der Waals surface area contributed by atoms with Crippen LogP contribution in [0.3, 0.4) is 0 Å². The molecule has 0 bridgehead atoms. The van der Waals surface area contributed by atoms with E-state index < -0.39 is 0 Å². The molecule has 78 valence electrons. The average Bonchev–Trinajstić information content (AvgIpc) is 2.48. The molecule has 6 heteroatoms. The molecule has 0 spiro atoms. The van der Waals surface area contributed by atoms with Crippen molar-refractivity contribution in [3.05, 3.63) is 17.3 Å². The summed E-state index contributed by atoms with van der Waals surface area (Å²) in [5.74, 6) is 7.14. The van der Waals surface area contributed by atoms with E-state index >= 15 is 0 Å². The van der Waals surface area contributed by atoms with E-state index in [0.717, 1.165) is 11.5 Å². The molecule has 14 heavy (non-hydrogen) atoms. The molecule has 0 unspecified atom stereocenters. The summed E-state index contributed by atoms with van der Waals surface area (Å²) in [6.07, 6.45) is 0. The number of rotatable bonds is 2. The first-order valence-electron chi connectivity index (χ1n) is 4.27. The smallest absolute Gasteiger partial charge is 0.214 e. The Bertz CT molecular complexity index is 311. The number of aliphatic imine (C=N–C) groups is 1. The molecule has 0 aliphatic heterocycles. The number of nitrogens with zero attached hydrogens (tertiary/aromatic N) is 2. The van der Waals surface area contributed by atoms with Gasteiger partial charge in [0.25, 0.3) is 0 Å². The number of nitrogens with two attached hydrogens (primary N) is 1. The fourth-order valence-electron chi connectivity index (χ4n) is 0.969. The number of hydrazine groups is 1. The van der Waals surface area contributed by atoms with Crippen molar-refractivity contribution in [2.75, 3.05) is 7.05 Å². The fraction of sp³-hybridized carbons (Fsp3) is 0.500. The highest BCUT2D eigenvalue weighted by Crippen LogP contribution is 2.07. The minimum atomic E-state index is 0.464. The number of hydrogen-bond donors (Lipinski definition) is 3. The molecule has 0 fully saturated rings. The second-order valence-electron chi connectivity index (χ2n) is 2.82. The molecule has 6 nitrogen and oxygen atoms in total. The highest BCUT2D eigenvalue weighted by atomic mass is 16.4. The van der Waals surface area contributed by atoms with Gasteiger partial charge < -0.3 is 9.73 Å². The lowest BCUT2D eigenvalue weighted by Gasteiger charge is -2.04. The quantitative estimate of drug-likeness (QED) is 0.265. The van der Waals surface area contributed by atoms with Crippen LogP contribution in [0.25, 0.3) is 0 Å². The maximum Gasteiger partial charge on any atom is 0.214 e. The van der Waals surface area contributed by atoms with Crippen LogP contribution in [0.2, 0.25) is 0 Å². The predicted octanol–water partition coefficient (Wildman–Crippen LogP) is -0.170. The van der Waals surface area contributed by atoms with E-state index in [2.05, 4.69) is 20.7 Å². The third-order valence-corrected chi connectivity index (χ3v) is 1.84. The number of nitrogens with one attached hydrogen (secondary N) is 2. The molecular weight excluding hydrogens is 182 g/mol. The van der Waals surface area contributed by atoms with Gasteiger partial charge in [-0.2, -0.15) is 0 Å². The maximum absolute atomic E-state index is 5.36. The Kier molecular flexibility index (Phi) is 3.47. The Hall–Kier alpha value is -1.56. The van der Waals surface area contributed by atoms with Crippen molar-refractivity contribution in [1.29, 1.82) is 0 Å². The molecule has 0 amide bonds. The van der Waals surface area contributed by atoms with E-state index in [1.165, 1.54) is 0 Å². The lowest BCUT2D eigenvalue weighted by molar-refractivity contribution is 0.464. The van der Waals surface area contributed by atoms with Gasteiger partial charge in [-0.05, 0) is 13.8 Å². The standard InChI is InChI=1S/C8H15N5O/c1-5-6(2)14-7(12-5)4-11-8(10-3)13-9/h4,9H2,1-3H3,(H2,10,11,13). The topological polar surface area (TPSA) is 88.5 Å². The number of hydrogen-bond acceptors (Lipinski definition) is 4. The van der Waals surface area contributed by atoms with Crippen LogP contribution in [0.4, 0.5) is 0 Å². The van der Waals surface area contributed by atoms with Crippen LogP contribution < -0.4 is 16.6 Å². The highest BCUT2D eigenvalue weighted by Gasteiger charge is 2.05. The largest absolute Gasteiger partial charge is 0.444 e. The summed E-state index contributed by atoms with van der Waals surface area (Å²) in [7, 11) is 1.63. The van der Waals surface area contributed by atoms with Crippen molar-refractivity contribution < 1.29 is 4.42 Å². The third kappa shape index (κ3) is 2.46. The van der Waals surface area contributed by atoms with E-state index in [0.29, 0.717) is 18.4 Å². The maximum atomic E-state index is 5.36. The van der Waals surface area contributed by atoms with Crippen LogP contribution in [0.5, 0.6) is 0 Å². The van der Waals surface area contributed by atoms with E-state index in [4.69, 9.17) is 10.3 Å². The Morgan fingerprint density at radius 2 is 2.29 bits per heavy atom. The molecule has 0 aliphatic rings.